The van der Waals surface area contributed by atoms with Gasteiger partial charge in [0, 0.05) is 0 Å². The van der Waals surface area contributed by atoms with Crippen molar-refractivity contribution in [2.24, 2.45) is 0 Å². The van der Waals surface area contributed by atoms with Crippen molar-refractivity contribution < 1.29 is 9.53 Å². The first kappa shape index (κ1) is 35.9. The van der Waals surface area contributed by atoms with E-state index in [1.165, 1.54) is 12.8 Å². The normalized spacial score (nSPS) is 9.07. The van der Waals surface area contributed by atoms with Gasteiger partial charge in [-0.15, -0.1) is 35.0 Å². The van der Waals surface area contributed by atoms with Gasteiger partial charge in [0.2, 0.25) is 6.09 Å². The topological polar surface area (TPSA) is 40.4 Å². The van der Waals surface area contributed by atoms with Gasteiger partial charge in [-0.3, -0.25) is 4.79 Å². The molecule has 0 aliphatic heterocycles. The largest absolute Gasteiger partial charge is 2.00 e. The van der Waals surface area contributed by atoms with Crippen LogP contribution in [0, 0.1) is 27.3 Å². The molecule has 0 heterocycles. The molecule has 0 saturated carbocycles. The first-order valence-corrected chi connectivity index (χ1v) is 9.21. The van der Waals surface area contributed by atoms with Crippen molar-refractivity contribution in [3.63, 3.8) is 0 Å². The van der Waals surface area contributed by atoms with Crippen LogP contribution >= 0.6 is 0 Å². The average Bonchev–Trinajstić information content (AvgIpc) is 2.61. The summed E-state index contributed by atoms with van der Waals surface area (Å²) in [5, 5.41) is 5.82. The zero-order chi connectivity index (χ0) is 20.0. The number of carbonyl (C=O) groups excluding carboxylic acids is 1. The first-order chi connectivity index (χ1) is 12.3. The summed E-state index contributed by atoms with van der Waals surface area (Å²) in [5.74, 6) is 0. The standard InChI is InChI=1S/C15H16NO2.2C4H9.CH3.2Mg/c1-15(2,3)18-14(17)16-13-10-6-8-11-7-4-5-9-12(11)13;2*1-3-4-2;;;/h4-7,9-10H,1-3H3,(H,16,17);2*1,3-4H2,2H3;1H3;;/q4*-1;2*+2/p-1. The molecule has 2 rings (SSSR count). The minimum absolute atomic E-state index is 0. The second kappa shape index (κ2) is 20.8. The van der Waals surface area contributed by atoms with Gasteiger partial charge in [0.15, 0.2) is 0 Å². The minimum Gasteiger partial charge on any atom is -0.606 e. The van der Waals surface area contributed by atoms with Crippen molar-refractivity contribution >= 4 is 68.7 Å². The molecule has 0 saturated heterocycles. The van der Waals surface area contributed by atoms with Gasteiger partial charge in [-0.2, -0.15) is 18.9 Å². The number of hydrogen-bond donors (Lipinski definition) is 0. The van der Waals surface area contributed by atoms with Crippen LogP contribution in [0.25, 0.3) is 16.1 Å². The van der Waals surface area contributed by atoms with Gasteiger partial charge in [0.25, 0.3) is 0 Å². The summed E-state index contributed by atoms with van der Waals surface area (Å²) in [6.07, 6.45) is 3.99. The van der Waals surface area contributed by atoms with E-state index >= 15 is 0 Å². The zero-order valence-corrected chi connectivity index (χ0v) is 22.2. The summed E-state index contributed by atoms with van der Waals surface area (Å²) < 4.78 is 5.17. The maximum Gasteiger partial charge on any atom is 2.00 e. The fourth-order valence-corrected chi connectivity index (χ4v) is 1.61. The van der Waals surface area contributed by atoms with Crippen LogP contribution in [-0.2, 0) is 4.74 Å². The number of fused-ring (bicyclic) bond motifs is 1. The Morgan fingerprint density at radius 1 is 1.03 bits per heavy atom. The number of hydrogen-bond acceptors (Lipinski definition) is 2. The molecule has 154 valence electrons. The maximum atomic E-state index is 11.7. The van der Waals surface area contributed by atoms with Gasteiger partial charge in [-0.1, -0.05) is 38.8 Å². The second-order valence-electron chi connectivity index (χ2n) is 6.71. The third kappa shape index (κ3) is 18.0. The Morgan fingerprint density at radius 3 is 1.97 bits per heavy atom. The van der Waals surface area contributed by atoms with E-state index in [1.54, 1.807) is 12.1 Å². The molecule has 0 aliphatic rings. The van der Waals surface area contributed by atoms with Crippen LogP contribution in [0.3, 0.4) is 0 Å². The number of ether oxygens (including phenoxy) is 1. The van der Waals surface area contributed by atoms with Crippen molar-refractivity contribution in [2.45, 2.75) is 65.9 Å². The van der Waals surface area contributed by atoms with Crippen molar-refractivity contribution in [3.8, 4) is 0 Å². The van der Waals surface area contributed by atoms with Crippen LogP contribution in [0.15, 0.2) is 36.4 Å². The smallest absolute Gasteiger partial charge is 0.606 e. The Labute approximate surface area is 212 Å². The predicted molar refractivity (Wildman–Crippen MR) is 130 cm³/mol. The number of carbonyl (C=O) groups is 1. The molecule has 0 atom stereocenters. The van der Waals surface area contributed by atoms with E-state index in [-0.39, 0.29) is 53.5 Å². The molecule has 0 fully saturated rings. The predicted octanol–water partition coefficient (Wildman–Crippen LogP) is 7.51. The van der Waals surface area contributed by atoms with Crippen molar-refractivity contribution in [1.82, 2.24) is 0 Å². The first-order valence-electron chi connectivity index (χ1n) is 9.21. The third-order valence-electron chi connectivity index (χ3n) is 3.00. The molecular formula is C24H36Mg2NO2-. The van der Waals surface area contributed by atoms with E-state index in [9.17, 15) is 4.79 Å². The molecule has 0 aliphatic carbocycles. The second-order valence-corrected chi connectivity index (χ2v) is 6.71. The van der Waals surface area contributed by atoms with Gasteiger partial charge in [-0.25, -0.2) is 5.69 Å². The van der Waals surface area contributed by atoms with Crippen LogP contribution < -0.4 is 0 Å². The molecule has 2 aromatic rings. The maximum absolute atomic E-state index is 11.7. The fraction of sp³-hybridized carbons (Fsp3) is 0.417. The van der Waals surface area contributed by atoms with E-state index in [0.717, 1.165) is 23.6 Å². The van der Waals surface area contributed by atoms with E-state index in [0.29, 0.717) is 5.69 Å². The molecule has 5 heteroatoms. The summed E-state index contributed by atoms with van der Waals surface area (Å²) >= 11 is 0. The average molecular weight is 419 g/mol. The van der Waals surface area contributed by atoms with Crippen LogP contribution in [0.2, 0.25) is 0 Å². The SMILES string of the molecule is CC(C)(C)OC(=O)[N-]c1cc[c-]c2ccccc12.[CH2-]CCC.[CH2-]CCC.[CH3-].[Mg+2].[Mg+2]. The number of benzene rings is 2. The molecule has 0 bridgehead atoms. The van der Waals surface area contributed by atoms with Crippen LogP contribution in [0.5, 0.6) is 0 Å². The van der Waals surface area contributed by atoms with E-state index in [1.807, 2.05) is 45.0 Å². The van der Waals surface area contributed by atoms with Gasteiger partial charge in [0.1, 0.15) is 5.60 Å². The molecule has 0 radical (unpaired) electrons. The van der Waals surface area contributed by atoms with Crippen LogP contribution in [0.1, 0.15) is 60.3 Å². The Morgan fingerprint density at radius 2 is 1.52 bits per heavy atom. The van der Waals surface area contributed by atoms with Gasteiger partial charge >= 0.3 is 46.1 Å². The van der Waals surface area contributed by atoms with Crippen LogP contribution in [0.4, 0.5) is 10.5 Å². The Balaban J connectivity index is -0.000000246. The molecule has 29 heavy (non-hydrogen) atoms. The van der Waals surface area contributed by atoms with Crippen LogP contribution in [-0.4, -0.2) is 57.8 Å². The van der Waals surface area contributed by atoms with Crippen molar-refractivity contribution in [3.05, 3.63) is 69.1 Å². The number of rotatable bonds is 3. The van der Waals surface area contributed by atoms with Gasteiger partial charge in [0.05, 0.1) is 0 Å². The molecule has 0 N–H and O–H groups in total. The Hall–Kier alpha value is -0.498. The van der Waals surface area contributed by atoms with Gasteiger partial charge < -0.3 is 31.3 Å². The monoisotopic (exact) mass is 418 g/mol. The fourth-order valence-electron chi connectivity index (χ4n) is 1.61. The number of unbranched alkanes of at least 4 members (excludes halogenated alkanes) is 2. The Bertz CT molecular complexity index is 627. The van der Waals surface area contributed by atoms with E-state index in [2.05, 4.69) is 39.1 Å². The Kier molecular flexibility index (Phi) is 25.7. The molecule has 2 aromatic carbocycles. The summed E-state index contributed by atoms with van der Waals surface area (Å²) in [7, 11) is 0. The molecule has 3 nitrogen and oxygen atoms in total. The molecular weight excluding hydrogens is 383 g/mol. The number of amides is 1. The summed E-state index contributed by atoms with van der Waals surface area (Å²) in [6, 6.07) is 14.3. The number of nitrogens with zero attached hydrogens (tertiary/aromatic N) is 1. The van der Waals surface area contributed by atoms with Gasteiger partial charge in [-0.05, 0) is 20.8 Å². The minimum atomic E-state index is -0.571. The summed E-state index contributed by atoms with van der Waals surface area (Å²) in [4.78, 5) is 11.7. The third-order valence-corrected chi connectivity index (χ3v) is 3.00. The molecule has 0 unspecified atom stereocenters. The molecule has 1 amide bonds. The molecule has 0 aromatic heterocycles. The zero-order valence-electron chi connectivity index (χ0n) is 19.4. The van der Waals surface area contributed by atoms with Crippen molar-refractivity contribution in [1.29, 1.82) is 0 Å². The van der Waals surface area contributed by atoms with E-state index in [4.69, 9.17) is 4.74 Å². The summed E-state index contributed by atoms with van der Waals surface area (Å²) in [5.41, 5.74) is 0.0794. The molecule has 0 spiro atoms. The quantitative estimate of drug-likeness (QED) is 0.382. The van der Waals surface area contributed by atoms with E-state index < -0.39 is 11.7 Å². The summed E-state index contributed by atoms with van der Waals surface area (Å²) in [6.45, 7) is 16.9. The van der Waals surface area contributed by atoms with Crippen molar-refractivity contribution in [2.75, 3.05) is 0 Å².